The van der Waals surface area contributed by atoms with Gasteiger partial charge in [-0.15, -0.1) is 13.2 Å². The van der Waals surface area contributed by atoms with Gasteiger partial charge >= 0.3 is 6.36 Å². The highest BCUT2D eigenvalue weighted by Gasteiger charge is 2.32. The number of hydrogen-bond acceptors (Lipinski definition) is 7. The van der Waals surface area contributed by atoms with E-state index < -0.39 is 6.36 Å². The van der Waals surface area contributed by atoms with Gasteiger partial charge in [-0.3, -0.25) is 0 Å². The summed E-state index contributed by atoms with van der Waals surface area (Å²) in [6.07, 6.45) is 1.02. The van der Waals surface area contributed by atoms with Gasteiger partial charge in [0.1, 0.15) is 23.2 Å². The molecular formula is C21H20F3N7O. The summed E-state index contributed by atoms with van der Waals surface area (Å²) in [5.41, 5.74) is 2.81. The van der Waals surface area contributed by atoms with Crippen molar-refractivity contribution in [2.45, 2.75) is 32.2 Å². The molecule has 1 atom stereocenters. The van der Waals surface area contributed by atoms with Crippen LogP contribution in [-0.2, 0) is 19.4 Å². The van der Waals surface area contributed by atoms with Gasteiger partial charge in [0, 0.05) is 24.3 Å². The Morgan fingerprint density at radius 3 is 2.88 bits per heavy atom. The molecule has 0 fully saturated rings. The molecular weight excluding hydrogens is 423 g/mol. The number of fused-ring (bicyclic) bond motifs is 1. The maximum Gasteiger partial charge on any atom is 0.573 e. The molecule has 0 saturated carbocycles. The minimum atomic E-state index is -4.78. The zero-order valence-corrected chi connectivity index (χ0v) is 16.9. The van der Waals surface area contributed by atoms with E-state index in [2.05, 4.69) is 41.4 Å². The van der Waals surface area contributed by atoms with Crippen LogP contribution in [-0.4, -0.2) is 32.8 Å². The molecule has 4 rings (SSSR count). The van der Waals surface area contributed by atoms with Crippen LogP contribution in [0.3, 0.4) is 0 Å². The first-order valence-electron chi connectivity index (χ1n) is 10.0. The summed E-state index contributed by atoms with van der Waals surface area (Å²) < 4.78 is 41.9. The largest absolute Gasteiger partial charge is 0.573 e. The number of ether oxygens (including phenoxy) is 1. The molecule has 0 spiro atoms. The van der Waals surface area contributed by atoms with Crippen LogP contribution in [0.2, 0.25) is 0 Å². The third kappa shape index (κ3) is 5.26. The maximum absolute atomic E-state index is 12.6. The van der Waals surface area contributed by atoms with E-state index in [0.717, 1.165) is 30.7 Å². The molecule has 1 aliphatic carbocycles. The molecule has 0 saturated heterocycles. The quantitative estimate of drug-likeness (QED) is 0.509. The van der Waals surface area contributed by atoms with Crippen molar-refractivity contribution in [3.63, 3.8) is 0 Å². The molecule has 11 heteroatoms. The number of aryl methyl sites for hydroxylation is 1. The van der Waals surface area contributed by atoms with Crippen molar-refractivity contribution in [1.82, 2.24) is 19.9 Å². The monoisotopic (exact) mass is 443 g/mol. The van der Waals surface area contributed by atoms with Gasteiger partial charge in [0.2, 0.25) is 5.95 Å². The Balaban J connectivity index is 1.41. The van der Waals surface area contributed by atoms with E-state index in [1.54, 1.807) is 12.4 Å². The van der Waals surface area contributed by atoms with E-state index >= 15 is 0 Å². The number of nitrogens with one attached hydrogen (secondary N) is 3. The van der Waals surface area contributed by atoms with Crippen molar-refractivity contribution >= 4 is 11.8 Å². The third-order valence-electron chi connectivity index (χ3n) is 5.19. The fourth-order valence-electron chi connectivity index (χ4n) is 3.62. The second-order valence-electron chi connectivity index (χ2n) is 7.39. The number of aromatic amines is 1. The number of H-pyrrole nitrogens is 1. The molecule has 1 unspecified atom stereocenters. The van der Waals surface area contributed by atoms with E-state index in [1.165, 1.54) is 24.4 Å². The van der Waals surface area contributed by atoms with Crippen molar-refractivity contribution in [3.05, 3.63) is 59.3 Å². The Morgan fingerprint density at radius 1 is 1.22 bits per heavy atom. The molecule has 8 nitrogen and oxygen atoms in total. The minimum Gasteiger partial charge on any atom is -0.405 e. The second kappa shape index (κ2) is 9.13. The summed E-state index contributed by atoms with van der Waals surface area (Å²) in [7, 11) is 0. The van der Waals surface area contributed by atoms with Crippen LogP contribution >= 0.6 is 0 Å². The van der Waals surface area contributed by atoms with E-state index in [4.69, 9.17) is 0 Å². The number of benzene rings is 1. The number of para-hydroxylation sites is 1. The maximum atomic E-state index is 12.6. The van der Waals surface area contributed by atoms with Crippen LogP contribution in [0.15, 0.2) is 36.8 Å². The number of anilines is 2. The van der Waals surface area contributed by atoms with Crippen molar-refractivity contribution in [1.29, 1.82) is 5.26 Å². The molecule has 166 valence electrons. The molecule has 0 radical (unpaired) electrons. The highest BCUT2D eigenvalue weighted by Crippen LogP contribution is 2.27. The number of aromatic nitrogens is 4. The third-order valence-corrected chi connectivity index (χ3v) is 5.19. The lowest BCUT2D eigenvalue weighted by Gasteiger charge is -2.22. The summed E-state index contributed by atoms with van der Waals surface area (Å²) in [5, 5.41) is 15.5. The standard InChI is InChI=1S/C21H20F3N7O/c22-21(23,24)32-18-4-2-1-3-14(18)10-27-20-28-11-15(8-25)19(31-20)26-9-13-5-6-16-17(7-13)30-12-29-16/h1-4,11-13H,5-7,9-10H2,(H,29,30)(H2,26,27,28,31). The van der Waals surface area contributed by atoms with E-state index in [0.29, 0.717) is 23.8 Å². The zero-order chi connectivity index (χ0) is 22.6. The highest BCUT2D eigenvalue weighted by atomic mass is 19.4. The lowest BCUT2D eigenvalue weighted by molar-refractivity contribution is -0.274. The number of hydrogen-bond donors (Lipinski definition) is 3. The van der Waals surface area contributed by atoms with Crippen molar-refractivity contribution < 1.29 is 17.9 Å². The number of nitriles is 1. The normalized spacial score (nSPS) is 15.5. The van der Waals surface area contributed by atoms with Crippen molar-refractivity contribution in [3.8, 4) is 11.8 Å². The fourth-order valence-corrected chi connectivity index (χ4v) is 3.62. The lowest BCUT2D eigenvalue weighted by atomic mass is 9.90. The molecule has 2 aromatic heterocycles. The van der Waals surface area contributed by atoms with Gasteiger partial charge in [0.25, 0.3) is 0 Å². The molecule has 1 aromatic carbocycles. The summed E-state index contributed by atoms with van der Waals surface area (Å²) in [6, 6.07) is 7.89. The van der Waals surface area contributed by atoms with E-state index in [9.17, 15) is 18.4 Å². The Bertz CT molecular complexity index is 1120. The van der Waals surface area contributed by atoms with Crippen LogP contribution in [0, 0.1) is 17.2 Å². The Hall–Kier alpha value is -3.81. The first-order chi connectivity index (χ1) is 15.4. The van der Waals surface area contributed by atoms with Gasteiger partial charge in [0.15, 0.2) is 0 Å². The molecule has 0 bridgehead atoms. The smallest absolute Gasteiger partial charge is 0.405 e. The lowest BCUT2D eigenvalue weighted by Crippen LogP contribution is -2.23. The van der Waals surface area contributed by atoms with Gasteiger partial charge in [-0.25, -0.2) is 9.97 Å². The van der Waals surface area contributed by atoms with E-state index in [1.807, 2.05) is 0 Å². The summed E-state index contributed by atoms with van der Waals surface area (Å²) in [6.45, 7) is 0.634. The molecule has 2 heterocycles. The number of rotatable bonds is 7. The van der Waals surface area contributed by atoms with Crippen LogP contribution in [0.5, 0.6) is 5.75 Å². The zero-order valence-electron chi connectivity index (χ0n) is 16.9. The fraction of sp³-hybridized carbons (Fsp3) is 0.333. The molecule has 3 N–H and O–H groups in total. The summed E-state index contributed by atoms with van der Waals surface area (Å²) >= 11 is 0. The predicted molar refractivity (Wildman–Crippen MR) is 110 cm³/mol. The molecule has 32 heavy (non-hydrogen) atoms. The summed E-state index contributed by atoms with van der Waals surface area (Å²) in [5.74, 6) is 0.621. The minimum absolute atomic E-state index is 0.0167. The topological polar surface area (TPSA) is 112 Å². The highest BCUT2D eigenvalue weighted by molar-refractivity contribution is 5.53. The number of imidazole rings is 1. The first-order valence-corrected chi connectivity index (χ1v) is 10.0. The van der Waals surface area contributed by atoms with Gasteiger partial charge in [-0.2, -0.15) is 10.2 Å². The Morgan fingerprint density at radius 2 is 2.06 bits per heavy atom. The van der Waals surface area contributed by atoms with Gasteiger partial charge in [-0.1, -0.05) is 18.2 Å². The van der Waals surface area contributed by atoms with Crippen molar-refractivity contribution in [2.24, 2.45) is 5.92 Å². The summed E-state index contributed by atoms with van der Waals surface area (Å²) in [4.78, 5) is 15.9. The van der Waals surface area contributed by atoms with Gasteiger partial charge < -0.3 is 20.4 Å². The Labute approximate surface area is 181 Å². The average molecular weight is 443 g/mol. The molecule has 0 aliphatic heterocycles. The number of halogens is 3. The van der Waals surface area contributed by atoms with E-state index in [-0.39, 0.29) is 23.8 Å². The van der Waals surface area contributed by atoms with Gasteiger partial charge in [0.05, 0.1) is 18.2 Å². The van der Waals surface area contributed by atoms with Crippen LogP contribution < -0.4 is 15.4 Å². The van der Waals surface area contributed by atoms with Crippen LogP contribution in [0.4, 0.5) is 24.9 Å². The number of alkyl halides is 3. The molecule has 1 aliphatic rings. The second-order valence-corrected chi connectivity index (χ2v) is 7.39. The molecule has 3 aromatic rings. The average Bonchev–Trinajstić information content (AvgIpc) is 3.24. The van der Waals surface area contributed by atoms with Gasteiger partial charge in [-0.05, 0) is 31.2 Å². The Kier molecular flexibility index (Phi) is 6.11. The van der Waals surface area contributed by atoms with Crippen molar-refractivity contribution in [2.75, 3.05) is 17.2 Å². The predicted octanol–water partition coefficient (Wildman–Crippen LogP) is 3.80. The number of nitrogens with zero attached hydrogens (tertiary/aromatic N) is 4. The first kappa shape index (κ1) is 21.4. The molecule has 0 amide bonds. The van der Waals surface area contributed by atoms with Crippen LogP contribution in [0.25, 0.3) is 0 Å². The van der Waals surface area contributed by atoms with Crippen LogP contribution in [0.1, 0.15) is 28.9 Å². The SMILES string of the molecule is N#Cc1cnc(NCc2ccccc2OC(F)(F)F)nc1NCC1CCc2nc[nH]c2C1.